The molecular weight excluding hydrogens is 266 g/mol. The minimum absolute atomic E-state index is 0.325. The molecule has 1 aromatic rings. The van der Waals surface area contributed by atoms with E-state index in [0.29, 0.717) is 22.5 Å². The van der Waals surface area contributed by atoms with Gasteiger partial charge < -0.3 is 5.32 Å². The number of aliphatic imine (C=N–C) groups is 1. The maximum atomic E-state index is 8.78. The third-order valence-electron chi connectivity index (χ3n) is 2.97. The first-order valence-corrected chi connectivity index (χ1v) is 7.14. The van der Waals surface area contributed by atoms with Crippen LogP contribution in [0.2, 0.25) is 5.02 Å². The van der Waals surface area contributed by atoms with Crippen LogP contribution in [0, 0.1) is 17.2 Å². The monoisotopic (exact) mass is 279 g/mol. The molecule has 0 aliphatic carbocycles. The van der Waals surface area contributed by atoms with Crippen LogP contribution in [0.3, 0.4) is 0 Å². The number of rotatable bonds is 1. The van der Waals surface area contributed by atoms with Crippen molar-refractivity contribution >= 4 is 34.2 Å². The summed E-state index contributed by atoms with van der Waals surface area (Å²) in [5.74, 6) is 1.65. The molecule has 3 nitrogen and oxygen atoms in total. The van der Waals surface area contributed by atoms with Crippen LogP contribution in [0.1, 0.15) is 19.4 Å². The van der Waals surface area contributed by atoms with Crippen LogP contribution in [0.5, 0.6) is 0 Å². The third-order valence-corrected chi connectivity index (χ3v) is 4.45. The lowest BCUT2D eigenvalue weighted by molar-refractivity contribution is 0.537. The Morgan fingerprint density at radius 2 is 2.28 bits per heavy atom. The van der Waals surface area contributed by atoms with E-state index in [9.17, 15) is 0 Å². The van der Waals surface area contributed by atoms with Gasteiger partial charge in [0.05, 0.1) is 28.4 Å². The van der Waals surface area contributed by atoms with Gasteiger partial charge in [0.15, 0.2) is 5.17 Å². The molecule has 1 aliphatic rings. The van der Waals surface area contributed by atoms with E-state index in [-0.39, 0.29) is 0 Å². The molecule has 0 bridgehead atoms. The number of thioether (sulfide) groups is 1. The predicted octanol–water partition coefficient (Wildman–Crippen LogP) is 3.75. The number of nitrogens with zero attached hydrogens (tertiary/aromatic N) is 2. The van der Waals surface area contributed by atoms with Gasteiger partial charge in [0.1, 0.15) is 0 Å². The first-order chi connectivity index (χ1) is 8.60. The molecule has 0 aromatic heterocycles. The topological polar surface area (TPSA) is 48.2 Å². The first kappa shape index (κ1) is 13.3. The van der Waals surface area contributed by atoms with Crippen LogP contribution in [0.15, 0.2) is 23.2 Å². The molecule has 0 amide bonds. The van der Waals surface area contributed by atoms with Crippen molar-refractivity contribution in [2.75, 3.05) is 11.1 Å². The fourth-order valence-electron chi connectivity index (χ4n) is 1.57. The minimum Gasteiger partial charge on any atom is -0.334 e. The van der Waals surface area contributed by atoms with E-state index in [4.69, 9.17) is 16.9 Å². The molecule has 0 saturated heterocycles. The van der Waals surface area contributed by atoms with Gasteiger partial charge in [-0.1, -0.05) is 30.3 Å². The number of amidine groups is 1. The Bertz CT molecular complexity index is 521. The normalized spacial score (nSPS) is 23.1. The van der Waals surface area contributed by atoms with E-state index in [1.54, 1.807) is 23.9 Å². The Balaban J connectivity index is 2.15. The Hall–Kier alpha value is -1.18. The number of hydrogen-bond acceptors (Lipinski definition) is 4. The Labute approximate surface area is 116 Å². The van der Waals surface area contributed by atoms with Gasteiger partial charge in [0.2, 0.25) is 0 Å². The van der Waals surface area contributed by atoms with Crippen LogP contribution in [-0.4, -0.2) is 17.0 Å². The maximum absolute atomic E-state index is 8.78. The maximum Gasteiger partial charge on any atom is 0.161 e. The van der Waals surface area contributed by atoms with Gasteiger partial charge in [-0.15, -0.1) is 0 Å². The number of hydrogen-bond donors (Lipinski definition) is 1. The summed E-state index contributed by atoms with van der Waals surface area (Å²) in [5.41, 5.74) is 1.36. The van der Waals surface area contributed by atoms with Crippen LogP contribution < -0.4 is 5.32 Å². The van der Waals surface area contributed by atoms with Crippen LogP contribution in [-0.2, 0) is 0 Å². The van der Waals surface area contributed by atoms with E-state index in [0.717, 1.165) is 16.6 Å². The van der Waals surface area contributed by atoms with Gasteiger partial charge in [-0.05, 0) is 31.0 Å². The summed E-state index contributed by atoms with van der Waals surface area (Å²) in [6.07, 6.45) is 0. The van der Waals surface area contributed by atoms with Crippen molar-refractivity contribution in [2.24, 2.45) is 10.9 Å². The van der Waals surface area contributed by atoms with Gasteiger partial charge >= 0.3 is 0 Å². The molecule has 94 valence electrons. The second kappa shape index (κ2) is 5.64. The second-order valence-electron chi connectivity index (χ2n) is 4.39. The average molecular weight is 280 g/mol. The van der Waals surface area contributed by atoms with Crippen molar-refractivity contribution in [3.63, 3.8) is 0 Å². The van der Waals surface area contributed by atoms with Crippen LogP contribution in [0.25, 0.3) is 0 Å². The molecule has 2 rings (SSSR count). The number of benzene rings is 1. The van der Waals surface area contributed by atoms with Crippen LogP contribution >= 0.6 is 23.4 Å². The van der Waals surface area contributed by atoms with Gasteiger partial charge in [-0.25, -0.2) is 0 Å². The highest BCUT2D eigenvalue weighted by atomic mass is 35.5. The SMILES string of the molecule is CC1CSC(Nc2ccc(C#N)cc2Cl)=NC1C. The Morgan fingerprint density at radius 3 is 2.89 bits per heavy atom. The molecule has 0 saturated carbocycles. The lowest BCUT2D eigenvalue weighted by atomic mass is 10.1. The molecule has 2 atom stereocenters. The largest absolute Gasteiger partial charge is 0.334 e. The summed E-state index contributed by atoms with van der Waals surface area (Å²) >= 11 is 7.82. The standard InChI is InChI=1S/C13H14ClN3S/c1-8-7-18-13(16-9(8)2)17-12-4-3-10(6-15)5-11(12)14/h3-5,8-9H,7H2,1-2H3,(H,16,17). The van der Waals surface area contributed by atoms with Gasteiger partial charge in [-0.2, -0.15) is 5.26 Å². The number of nitrogens with one attached hydrogen (secondary N) is 1. The van der Waals surface area contributed by atoms with Crippen molar-refractivity contribution in [1.29, 1.82) is 5.26 Å². The smallest absolute Gasteiger partial charge is 0.161 e. The highest BCUT2D eigenvalue weighted by molar-refractivity contribution is 8.14. The molecule has 5 heteroatoms. The van der Waals surface area contributed by atoms with Crippen LogP contribution in [0.4, 0.5) is 5.69 Å². The minimum atomic E-state index is 0.325. The van der Waals surface area contributed by atoms with E-state index < -0.39 is 0 Å². The summed E-state index contributed by atoms with van der Waals surface area (Å²) in [6.45, 7) is 4.32. The number of nitriles is 1. The quantitative estimate of drug-likeness (QED) is 0.852. The summed E-state index contributed by atoms with van der Waals surface area (Å²) in [5, 5.41) is 13.4. The highest BCUT2D eigenvalue weighted by Crippen LogP contribution is 2.27. The zero-order chi connectivity index (χ0) is 13.1. The Kier molecular flexibility index (Phi) is 4.15. The molecule has 2 unspecified atom stereocenters. The lowest BCUT2D eigenvalue weighted by Gasteiger charge is -2.23. The molecule has 1 aromatic carbocycles. The molecule has 0 fully saturated rings. The fourth-order valence-corrected chi connectivity index (χ4v) is 2.92. The van der Waals surface area contributed by atoms with Crippen molar-refractivity contribution in [3.05, 3.63) is 28.8 Å². The first-order valence-electron chi connectivity index (χ1n) is 5.77. The molecule has 1 N–H and O–H groups in total. The zero-order valence-electron chi connectivity index (χ0n) is 10.3. The lowest BCUT2D eigenvalue weighted by Crippen LogP contribution is -2.25. The molecule has 1 heterocycles. The summed E-state index contributed by atoms with van der Waals surface area (Å²) in [7, 11) is 0. The van der Waals surface area contributed by atoms with Crippen molar-refractivity contribution in [2.45, 2.75) is 19.9 Å². The van der Waals surface area contributed by atoms with E-state index in [1.807, 2.05) is 6.07 Å². The van der Waals surface area contributed by atoms with E-state index in [2.05, 4.69) is 30.2 Å². The summed E-state index contributed by atoms with van der Waals surface area (Å²) in [6, 6.07) is 7.60. The van der Waals surface area contributed by atoms with E-state index >= 15 is 0 Å². The number of anilines is 1. The van der Waals surface area contributed by atoms with Crippen molar-refractivity contribution in [1.82, 2.24) is 0 Å². The zero-order valence-corrected chi connectivity index (χ0v) is 11.8. The van der Waals surface area contributed by atoms with Crippen molar-refractivity contribution in [3.8, 4) is 6.07 Å². The molecule has 0 radical (unpaired) electrons. The third kappa shape index (κ3) is 2.98. The Morgan fingerprint density at radius 1 is 1.50 bits per heavy atom. The fraction of sp³-hybridized carbons (Fsp3) is 0.385. The summed E-state index contributed by atoms with van der Waals surface area (Å²) < 4.78 is 0. The van der Waals surface area contributed by atoms with Gasteiger partial charge in [0.25, 0.3) is 0 Å². The predicted molar refractivity (Wildman–Crippen MR) is 78.3 cm³/mol. The average Bonchev–Trinajstić information content (AvgIpc) is 2.36. The number of halogens is 1. The summed E-state index contributed by atoms with van der Waals surface area (Å²) in [4.78, 5) is 4.59. The van der Waals surface area contributed by atoms with E-state index in [1.165, 1.54) is 0 Å². The molecular formula is C13H14ClN3S. The van der Waals surface area contributed by atoms with Gasteiger partial charge in [0, 0.05) is 5.75 Å². The molecule has 18 heavy (non-hydrogen) atoms. The highest BCUT2D eigenvalue weighted by Gasteiger charge is 2.19. The van der Waals surface area contributed by atoms with Gasteiger partial charge in [-0.3, -0.25) is 4.99 Å². The second-order valence-corrected chi connectivity index (χ2v) is 5.81. The van der Waals surface area contributed by atoms with Crippen molar-refractivity contribution < 1.29 is 0 Å². The molecule has 0 spiro atoms. The molecule has 1 aliphatic heterocycles.